The molecule has 2 aromatic heterocycles. The summed E-state index contributed by atoms with van der Waals surface area (Å²) in [5, 5.41) is 2.88. The monoisotopic (exact) mass is 601 g/mol. The van der Waals surface area contributed by atoms with Crippen molar-refractivity contribution in [1.82, 2.24) is 14.3 Å². The second-order valence-corrected chi connectivity index (χ2v) is 12.2. The number of anilines is 3. The highest BCUT2D eigenvalue weighted by Gasteiger charge is 2.30. The number of sulfonamides is 1. The highest BCUT2D eigenvalue weighted by atomic mass is 32.2. The number of nitrogens with zero attached hydrogens (tertiary/aromatic N) is 3. The lowest BCUT2D eigenvalue weighted by Gasteiger charge is -2.33. The Kier molecular flexibility index (Phi) is 8.00. The van der Waals surface area contributed by atoms with Crippen LogP contribution in [0, 0.1) is 31.3 Å². The van der Waals surface area contributed by atoms with Gasteiger partial charge in [0.15, 0.2) is 16.7 Å². The fraction of sp³-hybridized carbons (Fsp3) is 0.250. The van der Waals surface area contributed by atoms with E-state index in [4.69, 9.17) is 0 Å². The number of hydrogen-bond donors (Lipinski definition) is 2. The highest BCUT2D eigenvalue weighted by molar-refractivity contribution is 7.92. The summed E-state index contributed by atoms with van der Waals surface area (Å²) < 4.78 is 74.0. The van der Waals surface area contributed by atoms with E-state index in [1.54, 1.807) is 30.0 Å². The number of nitrogens with one attached hydrogen (secondary N) is 2. The van der Waals surface area contributed by atoms with Gasteiger partial charge in [0.1, 0.15) is 10.8 Å². The van der Waals surface area contributed by atoms with Crippen molar-refractivity contribution in [1.29, 1.82) is 0 Å². The zero-order valence-electron chi connectivity index (χ0n) is 22.1. The van der Waals surface area contributed by atoms with E-state index in [0.717, 1.165) is 29.2 Å². The van der Waals surface area contributed by atoms with Crippen LogP contribution in [-0.2, 0) is 10.0 Å². The van der Waals surface area contributed by atoms with Crippen molar-refractivity contribution in [3.05, 3.63) is 94.6 Å². The second kappa shape index (κ2) is 11.5. The van der Waals surface area contributed by atoms with Gasteiger partial charge in [-0.25, -0.2) is 18.2 Å². The molecule has 0 unspecified atom stereocenters. The number of pyridine rings is 1. The van der Waals surface area contributed by atoms with Crippen LogP contribution in [0.1, 0.15) is 45.9 Å². The van der Waals surface area contributed by atoms with Crippen LogP contribution in [0.25, 0.3) is 0 Å². The number of aromatic nitrogens is 2. The van der Waals surface area contributed by atoms with Crippen molar-refractivity contribution in [2.45, 2.75) is 37.6 Å². The molecule has 13 heteroatoms. The zero-order valence-corrected chi connectivity index (χ0v) is 23.8. The molecule has 1 fully saturated rings. The van der Waals surface area contributed by atoms with Crippen molar-refractivity contribution in [3.8, 4) is 0 Å². The Morgan fingerprint density at radius 2 is 1.71 bits per heavy atom. The molecule has 5 rings (SSSR count). The van der Waals surface area contributed by atoms with Crippen molar-refractivity contribution >= 4 is 43.8 Å². The molecule has 0 aliphatic carbocycles. The third-order valence-corrected chi connectivity index (χ3v) is 9.27. The first-order valence-electron chi connectivity index (χ1n) is 12.7. The minimum Gasteiger partial charge on any atom is -0.354 e. The van der Waals surface area contributed by atoms with Crippen molar-refractivity contribution in [2.75, 3.05) is 23.1 Å². The van der Waals surface area contributed by atoms with E-state index in [0.29, 0.717) is 36.6 Å². The average molecular weight is 602 g/mol. The Bertz CT molecular complexity index is 1700. The number of amides is 1. The molecule has 0 atom stereocenters. The van der Waals surface area contributed by atoms with Gasteiger partial charge in [0.25, 0.3) is 15.9 Å². The lowest BCUT2D eigenvalue weighted by Crippen LogP contribution is -2.38. The zero-order chi connectivity index (χ0) is 29.3. The SMILES string of the molecule is Cc1cc(NS(=O)(=O)c2ncc(C(=O)N3CCC(c4ccc(F)cc4)CC3)c(Nc3ccc(F)c(F)c3)c2C)sn1. The Morgan fingerprint density at radius 3 is 2.34 bits per heavy atom. The van der Waals surface area contributed by atoms with E-state index in [2.05, 4.69) is 19.4 Å². The van der Waals surface area contributed by atoms with Crippen molar-refractivity contribution in [2.24, 2.45) is 0 Å². The molecule has 1 aliphatic heterocycles. The van der Waals surface area contributed by atoms with Gasteiger partial charge in [-0.2, -0.15) is 12.8 Å². The number of rotatable bonds is 7. The summed E-state index contributed by atoms with van der Waals surface area (Å²) in [6.07, 6.45) is 2.48. The Labute approximate surface area is 239 Å². The fourth-order valence-corrected chi connectivity index (χ4v) is 6.93. The third kappa shape index (κ3) is 6.20. The third-order valence-electron chi connectivity index (χ3n) is 6.94. The van der Waals surface area contributed by atoms with E-state index in [1.165, 1.54) is 31.3 Å². The number of hydrogen-bond acceptors (Lipinski definition) is 7. The molecular formula is C28H26F3N5O3S2. The van der Waals surface area contributed by atoms with Gasteiger partial charge in [0.05, 0.1) is 16.9 Å². The van der Waals surface area contributed by atoms with Crippen molar-refractivity contribution in [3.63, 3.8) is 0 Å². The molecule has 41 heavy (non-hydrogen) atoms. The molecule has 1 amide bonds. The van der Waals surface area contributed by atoms with E-state index in [-0.39, 0.29) is 39.3 Å². The molecule has 1 saturated heterocycles. The molecule has 4 aromatic rings. The standard InChI is InChI=1S/C28H26F3N5O3S2/c1-16-13-25(40-34-16)35-41(38,39)27-17(2)26(33-21-7-8-23(30)24(31)14-21)22(15-32-27)28(37)36-11-9-19(10-12-36)18-3-5-20(29)6-4-18/h3-8,13-15,19,35H,9-12H2,1-2H3,(H,32,33). The topological polar surface area (TPSA) is 104 Å². The quantitative estimate of drug-likeness (QED) is 0.264. The van der Waals surface area contributed by atoms with E-state index < -0.39 is 27.6 Å². The summed E-state index contributed by atoms with van der Waals surface area (Å²) in [7, 11) is -4.19. The number of piperidine rings is 1. The molecule has 2 N–H and O–H groups in total. The maximum absolute atomic E-state index is 14.0. The molecule has 0 radical (unpaired) electrons. The number of carbonyl (C=O) groups is 1. The van der Waals surface area contributed by atoms with Crippen LogP contribution >= 0.6 is 11.5 Å². The summed E-state index contributed by atoms with van der Waals surface area (Å²) in [5.41, 5.74) is 2.07. The Morgan fingerprint density at radius 1 is 1.00 bits per heavy atom. The van der Waals surface area contributed by atoms with Crippen molar-refractivity contribution < 1.29 is 26.4 Å². The van der Waals surface area contributed by atoms with Crippen LogP contribution in [0.2, 0.25) is 0 Å². The minimum atomic E-state index is -4.19. The first-order chi connectivity index (χ1) is 19.5. The predicted octanol–water partition coefficient (Wildman–Crippen LogP) is 6.14. The van der Waals surface area contributed by atoms with Crippen LogP contribution in [-0.4, -0.2) is 41.7 Å². The average Bonchev–Trinajstić information content (AvgIpc) is 3.35. The number of halogens is 3. The van der Waals surface area contributed by atoms with Gasteiger partial charge in [-0.3, -0.25) is 9.52 Å². The lowest BCUT2D eigenvalue weighted by molar-refractivity contribution is 0.0713. The van der Waals surface area contributed by atoms with Crippen LogP contribution in [0.3, 0.4) is 0 Å². The maximum atomic E-state index is 14.0. The first-order valence-corrected chi connectivity index (χ1v) is 15.0. The van der Waals surface area contributed by atoms with Crippen LogP contribution in [0.15, 0.2) is 59.8 Å². The molecule has 0 bridgehead atoms. The van der Waals surface area contributed by atoms with Gasteiger partial charge >= 0.3 is 0 Å². The number of likely N-dealkylation sites (tertiary alicyclic amines) is 1. The molecule has 1 aliphatic rings. The summed E-state index contributed by atoms with van der Waals surface area (Å²) >= 11 is 0.972. The maximum Gasteiger partial charge on any atom is 0.280 e. The van der Waals surface area contributed by atoms with E-state index in [1.807, 2.05) is 0 Å². The van der Waals surface area contributed by atoms with Gasteiger partial charge in [-0.15, -0.1) is 0 Å². The Balaban J connectivity index is 1.46. The fourth-order valence-electron chi connectivity index (χ4n) is 4.82. The van der Waals surface area contributed by atoms with Crippen LogP contribution in [0.4, 0.5) is 29.5 Å². The molecule has 214 valence electrons. The van der Waals surface area contributed by atoms with Gasteiger partial charge in [-0.05, 0) is 80.0 Å². The molecule has 0 spiro atoms. The number of carbonyl (C=O) groups excluding carboxylic acids is 1. The smallest absolute Gasteiger partial charge is 0.280 e. The summed E-state index contributed by atoms with van der Waals surface area (Å²) in [6, 6.07) is 11.0. The number of benzene rings is 2. The lowest BCUT2D eigenvalue weighted by atomic mass is 9.89. The second-order valence-electron chi connectivity index (χ2n) is 9.79. The number of aryl methyl sites for hydroxylation is 1. The summed E-state index contributed by atoms with van der Waals surface area (Å²) in [6.45, 7) is 4.04. The molecule has 0 saturated carbocycles. The molecule has 2 aromatic carbocycles. The van der Waals surface area contributed by atoms with E-state index >= 15 is 0 Å². The minimum absolute atomic E-state index is 0.0834. The largest absolute Gasteiger partial charge is 0.354 e. The van der Waals surface area contributed by atoms with Crippen LogP contribution in [0.5, 0.6) is 0 Å². The van der Waals surface area contributed by atoms with Gasteiger partial charge < -0.3 is 10.2 Å². The molecule has 3 heterocycles. The predicted molar refractivity (Wildman–Crippen MR) is 151 cm³/mol. The van der Waals surface area contributed by atoms with Crippen LogP contribution < -0.4 is 10.0 Å². The Hall–Kier alpha value is -3.97. The summed E-state index contributed by atoms with van der Waals surface area (Å²) in [5.74, 6) is -2.69. The molecule has 8 nitrogen and oxygen atoms in total. The molecular weight excluding hydrogens is 575 g/mol. The van der Waals surface area contributed by atoms with Gasteiger partial charge in [0.2, 0.25) is 0 Å². The van der Waals surface area contributed by atoms with Gasteiger partial charge in [-0.1, -0.05) is 12.1 Å². The van der Waals surface area contributed by atoms with E-state index in [9.17, 15) is 26.4 Å². The highest BCUT2D eigenvalue weighted by Crippen LogP contribution is 2.34. The van der Waals surface area contributed by atoms with Gasteiger partial charge in [0, 0.05) is 36.6 Å². The first kappa shape index (κ1) is 28.6. The normalized spacial score (nSPS) is 14.2. The summed E-state index contributed by atoms with van der Waals surface area (Å²) in [4.78, 5) is 19.5.